The third-order valence-electron chi connectivity index (χ3n) is 3.89. The number of hydrogen-bond acceptors (Lipinski definition) is 3. The molecule has 1 aromatic rings. The van der Waals surface area contributed by atoms with Crippen molar-refractivity contribution in [1.82, 2.24) is 5.32 Å². The molecule has 19 heavy (non-hydrogen) atoms. The van der Waals surface area contributed by atoms with Gasteiger partial charge in [-0.15, -0.1) is 0 Å². The molecule has 0 aromatic heterocycles. The zero-order valence-electron chi connectivity index (χ0n) is 11.9. The molecule has 0 bridgehead atoms. The Kier molecular flexibility index (Phi) is 4.97. The van der Waals surface area contributed by atoms with Crippen LogP contribution in [0.5, 0.6) is 5.75 Å². The quantitative estimate of drug-likeness (QED) is 0.800. The number of methoxy groups -OCH3 is 1. The summed E-state index contributed by atoms with van der Waals surface area (Å²) in [5.74, 6) is 1.03. The number of ketones is 1. The fourth-order valence-corrected chi connectivity index (χ4v) is 2.70. The second-order valence-electron chi connectivity index (χ2n) is 5.17. The van der Waals surface area contributed by atoms with E-state index in [2.05, 4.69) is 12.2 Å². The Morgan fingerprint density at radius 3 is 2.74 bits per heavy atom. The highest BCUT2D eigenvalue weighted by Gasteiger charge is 2.16. The number of nitrogens with one attached hydrogen (secondary N) is 1. The van der Waals surface area contributed by atoms with Crippen LogP contribution in [0.3, 0.4) is 0 Å². The zero-order valence-corrected chi connectivity index (χ0v) is 11.9. The Balaban J connectivity index is 1.98. The highest BCUT2D eigenvalue weighted by Crippen LogP contribution is 2.21. The minimum Gasteiger partial charge on any atom is -0.496 e. The highest BCUT2D eigenvalue weighted by atomic mass is 16.5. The molecule has 3 nitrogen and oxygen atoms in total. The smallest absolute Gasteiger partial charge is 0.176 e. The van der Waals surface area contributed by atoms with E-state index in [4.69, 9.17) is 4.74 Å². The van der Waals surface area contributed by atoms with Crippen LogP contribution < -0.4 is 10.1 Å². The molecule has 1 aliphatic carbocycles. The van der Waals surface area contributed by atoms with Crippen LogP contribution in [0.15, 0.2) is 18.2 Å². The van der Waals surface area contributed by atoms with Gasteiger partial charge in [-0.1, -0.05) is 19.8 Å². The minimum atomic E-state index is 0.171. The van der Waals surface area contributed by atoms with Crippen LogP contribution in [-0.2, 0) is 6.42 Å². The van der Waals surface area contributed by atoms with Crippen LogP contribution in [0, 0.1) is 0 Å². The van der Waals surface area contributed by atoms with E-state index in [0.29, 0.717) is 12.6 Å². The molecule has 0 unspecified atom stereocenters. The predicted octanol–water partition coefficient (Wildman–Crippen LogP) is 2.97. The fourth-order valence-electron chi connectivity index (χ4n) is 2.70. The molecule has 1 fully saturated rings. The first kappa shape index (κ1) is 14.1. The van der Waals surface area contributed by atoms with E-state index in [9.17, 15) is 4.79 Å². The normalized spacial score (nSPS) is 15.7. The number of carbonyl (C=O) groups excluding carboxylic acids is 1. The topological polar surface area (TPSA) is 38.3 Å². The summed E-state index contributed by atoms with van der Waals surface area (Å²) in [5, 5.41) is 3.37. The third-order valence-corrected chi connectivity index (χ3v) is 3.89. The second kappa shape index (κ2) is 6.71. The van der Waals surface area contributed by atoms with Crippen molar-refractivity contribution in [3.8, 4) is 5.75 Å². The van der Waals surface area contributed by atoms with Crippen LogP contribution in [0.25, 0.3) is 0 Å². The molecule has 0 atom stereocenters. The van der Waals surface area contributed by atoms with E-state index in [-0.39, 0.29) is 5.78 Å². The van der Waals surface area contributed by atoms with Gasteiger partial charge in [-0.2, -0.15) is 0 Å². The van der Waals surface area contributed by atoms with E-state index in [1.165, 1.54) is 25.7 Å². The molecule has 0 spiro atoms. The van der Waals surface area contributed by atoms with Gasteiger partial charge in [0.05, 0.1) is 13.7 Å². The number of ether oxygens (including phenoxy) is 1. The van der Waals surface area contributed by atoms with Crippen molar-refractivity contribution in [2.45, 2.75) is 45.1 Å². The largest absolute Gasteiger partial charge is 0.496 e. The molecule has 0 radical (unpaired) electrons. The van der Waals surface area contributed by atoms with Gasteiger partial charge >= 0.3 is 0 Å². The predicted molar refractivity (Wildman–Crippen MR) is 77.0 cm³/mol. The molecule has 1 aromatic carbocycles. The van der Waals surface area contributed by atoms with Crippen LogP contribution in [0.1, 0.15) is 48.5 Å². The Morgan fingerprint density at radius 2 is 2.11 bits per heavy atom. The number of hydrogen-bond donors (Lipinski definition) is 1. The van der Waals surface area contributed by atoms with Crippen molar-refractivity contribution in [2.24, 2.45) is 0 Å². The second-order valence-corrected chi connectivity index (χ2v) is 5.17. The molecular weight excluding hydrogens is 238 g/mol. The molecule has 0 aliphatic heterocycles. The maximum Gasteiger partial charge on any atom is 0.176 e. The van der Waals surface area contributed by atoms with Gasteiger partial charge in [0, 0.05) is 11.6 Å². The Hall–Kier alpha value is -1.35. The monoisotopic (exact) mass is 261 g/mol. The first-order chi connectivity index (χ1) is 9.24. The van der Waals surface area contributed by atoms with E-state index >= 15 is 0 Å². The van der Waals surface area contributed by atoms with E-state index < -0.39 is 0 Å². The maximum absolute atomic E-state index is 12.2. The Bertz CT molecular complexity index is 436. The van der Waals surface area contributed by atoms with Gasteiger partial charge in [-0.05, 0) is 43.0 Å². The molecule has 1 N–H and O–H groups in total. The van der Waals surface area contributed by atoms with Crippen molar-refractivity contribution in [1.29, 1.82) is 0 Å². The van der Waals surface area contributed by atoms with Gasteiger partial charge < -0.3 is 10.1 Å². The molecule has 0 heterocycles. The van der Waals surface area contributed by atoms with Gasteiger partial charge in [0.25, 0.3) is 0 Å². The average Bonchev–Trinajstić information content (AvgIpc) is 2.97. The zero-order chi connectivity index (χ0) is 13.7. The van der Waals surface area contributed by atoms with Crippen LogP contribution in [-0.4, -0.2) is 25.5 Å². The van der Waals surface area contributed by atoms with E-state index in [1.54, 1.807) is 7.11 Å². The summed E-state index contributed by atoms with van der Waals surface area (Å²) in [5.41, 5.74) is 1.87. The summed E-state index contributed by atoms with van der Waals surface area (Å²) >= 11 is 0. The molecule has 2 rings (SSSR count). The van der Waals surface area contributed by atoms with Gasteiger partial charge in [0.1, 0.15) is 5.75 Å². The number of carbonyl (C=O) groups is 1. The Morgan fingerprint density at radius 1 is 1.37 bits per heavy atom. The van der Waals surface area contributed by atoms with Crippen LogP contribution >= 0.6 is 0 Å². The van der Waals surface area contributed by atoms with Crippen molar-refractivity contribution >= 4 is 5.78 Å². The van der Waals surface area contributed by atoms with Gasteiger partial charge in [0.2, 0.25) is 0 Å². The first-order valence-electron chi connectivity index (χ1n) is 7.18. The van der Waals surface area contributed by atoms with Gasteiger partial charge in [-0.25, -0.2) is 0 Å². The lowest BCUT2D eigenvalue weighted by atomic mass is 10.0. The fraction of sp³-hybridized carbons (Fsp3) is 0.562. The standard InChI is InChI=1S/C16H23NO2/c1-3-12-10-13(8-9-16(12)19-2)15(18)11-17-14-6-4-5-7-14/h8-10,14,17H,3-7,11H2,1-2H3. The van der Waals surface area contributed by atoms with Crippen molar-refractivity contribution < 1.29 is 9.53 Å². The van der Waals surface area contributed by atoms with E-state index in [1.807, 2.05) is 18.2 Å². The lowest BCUT2D eigenvalue weighted by molar-refractivity contribution is 0.0987. The molecular formula is C16H23NO2. The molecule has 0 amide bonds. The summed E-state index contributed by atoms with van der Waals surface area (Å²) < 4.78 is 5.29. The number of benzene rings is 1. The van der Waals surface area contributed by atoms with Crippen molar-refractivity contribution in [3.05, 3.63) is 29.3 Å². The number of rotatable bonds is 6. The molecule has 0 saturated heterocycles. The molecule has 1 saturated carbocycles. The van der Waals surface area contributed by atoms with Gasteiger partial charge in [0.15, 0.2) is 5.78 Å². The van der Waals surface area contributed by atoms with Gasteiger partial charge in [-0.3, -0.25) is 4.79 Å². The van der Waals surface area contributed by atoms with Crippen LogP contribution in [0.4, 0.5) is 0 Å². The molecule has 1 aliphatic rings. The maximum atomic E-state index is 12.2. The number of aryl methyl sites for hydroxylation is 1. The van der Waals surface area contributed by atoms with Crippen molar-refractivity contribution in [2.75, 3.05) is 13.7 Å². The SMILES string of the molecule is CCc1cc(C(=O)CNC2CCCC2)ccc1OC. The molecule has 104 valence electrons. The highest BCUT2D eigenvalue weighted by molar-refractivity contribution is 5.98. The average molecular weight is 261 g/mol. The summed E-state index contributed by atoms with van der Waals surface area (Å²) in [6, 6.07) is 6.24. The third kappa shape index (κ3) is 3.57. The van der Waals surface area contributed by atoms with Crippen LogP contribution in [0.2, 0.25) is 0 Å². The van der Waals surface area contributed by atoms with Crippen molar-refractivity contribution in [3.63, 3.8) is 0 Å². The lowest BCUT2D eigenvalue weighted by Gasteiger charge is -2.12. The molecule has 3 heteroatoms. The minimum absolute atomic E-state index is 0.171. The first-order valence-corrected chi connectivity index (χ1v) is 7.18. The Labute approximate surface area is 115 Å². The summed E-state index contributed by atoms with van der Waals surface area (Å²) in [7, 11) is 1.66. The number of Topliss-reactive ketones (excluding diaryl/α,β-unsaturated/α-hetero) is 1. The summed E-state index contributed by atoms with van der Waals surface area (Å²) in [4.78, 5) is 12.2. The summed E-state index contributed by atoms with van der Waals surface area (Å²) in [6.07, 6.45) is 5.86. The van der Waals surface area contributed by atoms with E-state index in [0.717, 1.165) is 23.3 Å². The lowest BCUT2D eigenvalue weighted by Crippen LogP contribution is -2.31. The summed E-state index contributed by atoms with van der Waals surface area (Å²) in [6.45, 7) is 2.52.